The first-order valence-corrected chi connectivity index (χ1v) is 4.51. The van der Waals surface area contributed by atoms with Crippen LogP contribution in [0.5, 0.6) is 0 Å². The summed E-state index contributed by atoms with van der Waals surface area (Å²) in [5.74, 6) is -0.317. The van der Waals surface area contributed by atoms with E-state index in [2.05, 4.69) is 10.6 Å². The third-order valence-corrected chi connectivity index (χ3v) is 2.96. The number of primary amides is 1. The van der Waals surface area contributed by atoms with Gasteiger partial charge in [0.05, 0.1) is 6.54 Å². The molecule has 2 heterocycles. The second-order valence-electron chi connectivity index (χ2n) is 2.60. The van der Waals surface area contributed by atoms with Gasteiger partial charge < -0.3 is 16.4 Å². The van der Waals surface area contributed by atoms with E-state index >= 15 is 0 Å². The van der Waals surface area contributed by atoms with Crippen LogP contribution in [0.15, 0.2) is 22.9 Å². The highest BCUT2D eigenvalue weighted by atomic mass is 35.5. The number of nitrogens with two attached hydrogens (primary N) is 1. The van der Waals surface area contributed by atoms with Crippen molar-refractivity contribution in [2.45, 2.75) is 5.37 Å². The van der Waals surface area contributed by atoms with Crippen LogP contribution in [-0.4, -0.2) is 17.8 Å². The Morgan fingerprint density at radius 1 is 1.69 bits per heavy atom. The van der Waals surface area contributed by atoms with Gasteiger partial charge in [-0.25, -0.2) is 0 Å². The first-order chi connectivity index (χ1) is 5.77. The molecule has 0 saturated heterocycles. The minimum atomic E-state index is -0.317. The van der Waals surface area contributed by atoms with Crippen molar-refractivity contribution in [2.24, 2.45) is 5.73 Å². The number of rotatable bonds is 1. The molecule has 0 aromatic carbocycles. The fourth-order valence-electron chi connectivity index (χ4n) is 1.16. The Morgan fingerprint density at radius 2 is 2.46 bits per heavy atom. The van der Waals surface area contributed by atoms with Crippen LogP contribution in [-0.2, 0) is 4.79 Å². The van der Waals surface area contributed by atoms with Gasteiger partial charge in [0.15, 0.2) is 5.37 Å². The predicted molar refractivity (Wildman–Crippen MR) is 55.1 cm³/mol. The Balaban J connectivity index is 0.000000845. The molecular weight excluding hydrogens is 210 g/mol. The van der Waals surface area contributed by atoms with E-state index in [1.165, 1.54) is 11.8 Å². The van der Waals surface area contributed by atoms with Crippen molar-refractivity contribution in [1.82, 2.24) is 10.6 Å². The Hall–Kier alpha value is -0.810. The van der Waals surface area contributed by atoms with Crippen LogP contribution in [0, 0.1) is 0 Å². The van der Waals surface area contributed by atoms with Crippen LogP contribution in [0.3, 0.4) is 0 Å². The van der Waals surface area contributed by atoms with Gasteiger partial charge in [-0.15, -0.1) is 12.4 Å². The van der Waals surface area contributed by atoms with Crippen LogP contribution in [0.1, 0.15) is 0 Å². The maximum Gasteiger partial charge on any atom is 0.250 e. The number of halogens is 1. The third-order valence-electron chi connectivity index (χ3n) is 1.74. The number of nitrogens with one attached hydrogen (secondary N) is 2. The Morgan fingerprint density at radius 3 is 3.08 bits per heavy atom. The molecule has 0 spiro atoms. The summed E-state index contributed by atoms with van der Waals surface area (Å²) in [4.78, 5) is 11.9. The molecule has 6 heteroatoms. The average Bonchev–Trinajstić information content (AvgIpc) is 2.46. The molecular formula is C7H10ClN3OS. The van der Waals surface area contributed by atoms with Gasteiger partial charge in [-0.2, -0.15) is 0 Å². The fraction of sp³-hybridized carbons (Fsp3) is 0.286. The Labute approximate surface area is 86.4 Å². The van der Waals surface area contributed by atoms with Crippen LogP contribution in [0.25, 0.3) is 0 Å². The maximum atomic E-state index is 10.8. The number of amides is 1. The first kappa shape index (κ1) is 10.3. The van der Waals surface area contributed by atoms with E-state index < -0.39 is 0 Å². The number of allylic oxidation sites excluding steroid dienone is 1. The molecule has 2 aliphatic heterocycles. The predicted octanol–water partition coefficient (Wildman–Crippen LogP) is -0.116. The fourth-order valence-corrected chi connectivity index (χ4v) is 2.15. The van der Waals surface area contributed by atoms with Gasteiger partial charge in [-0.05, 0) is 12.3 Å². The average molecular weight is 220 g/mol. The standard InChI is InChI=1S/C7H9N3OS.ClH/c8-6(11)7-10-4-3-9-2-1-5(4)12-7;/h1-2,7,9-10H,3H2,(H2,8,11);1H. The molecule has 0 aliphatic carbocycles. The second-order valence-corrected chi connectivity index (χ2v) is 3.75. The number of thioether (sulfide) groups is 1. The SMILES string of the molecule is Cl.NC(=O)C1NC2=C(C=CNC2)S1. The summed E-state index contributed by atoms with van der Waals surface area (Å²) in [6.45, 7) is 0.753. The van der Waals surface area contributed by atoms with Crippen LogP contribution in [0.2, 0.25) is 0 Å². The first-order valence-electron chi connectivity index (χ1n) is 3.63. The molecule has 4 N–H and O–H groups in total. The van der Waals surface area contributed by atoms with E-state index in [0.29, 0.717) is 0 Å². The molecule has 72 valence electrons. The van der Waals surface area contributed by atoms with Crippen LogP contribution in [0.4, 0.5) is 0 Å². The summed E-state index contributed by atoms with van der Waals surface area (Å²) in [7, 11) is 0. The van der Waals surface area contributed by atoms with Crippen molar-refractivity contribution in [3.05, 3.63) is 22.9 Å². The summed E-state index contributed by atoms with van der Waals surface area (Å²) < 4.78 is 0. The molecule has 0 fully saturated rings. The van der Waals surface area contributed by atoms with Crippen molar-refractivity contribution in [3.63, 3.8) is 0 Å². The molecule has 1 atom stereocenters. The van der Waals surface area contributed by atoms with Gasteiger partial charge in [0, 0.05) is 10.6 Å². The highest BCUT2D eigenvalue weighted by Gasteiger charge is 2.27. The third kappa shape index (κ3) is 1.92. The van der Waals surface area contributed by atoms with Gasteiger partial charge >= 0.3 is 0 Å². The summed E-state index contributed by atoms with van der Waals surface area (Å²) in [5, 5.41) is 5.80. The lowest BCUT2D eigenvalue weighted by Gasteiger charge is -2.09. The monoisotopic (exact) mass is 219 g/mol. The normalized spacial score (nSPS) is 24.2. The Kier molecular flexibility index (Phi) is 3.11. The molecule has 0 saturated carbocycles. The minimum absolute atomic E-state index is 0. The van der Waals surface area contributed by atoms with Crippen molar-refractivity contribution >= 4 is 30.1 Å². The molecule has 0 aromatic rings. The molecule has 2 rings (SSSR count). The molecule has 13 heavy (non-hydrogen) atoms. The van der Waals surface area contributed by atoms with E-state index in [1.54, 1.807) is 0 Å². The molecule has 2 aliphatic rings. The summed E-state index contributed by atoms with van der Waals surface area (Å²) in [5.41, 5.74) is 6.22. The summed E-state index contributed by atoms with van der Waals surface area (Å²) in [6.07, 6.45) is 3.82. The zero-order valence-electron chi connectivity index (χ0n) is 6.74. The summed E-state index contributed by atoms with van der Waals surface area (Å²) in [6, 6.07) is 0. The van der Waals surface area contributed by atoms with Crippen molar-refractivity contribution in [1.29, 1.82) is 0 Å². The molecule has 4 nitrogen and oxygen atoms in total. The molecule has 1 unspecified atom stereocenters. The lowest BCUT2D eigenvalue weighted by molar-refractivity contribution is -0.117. The number of carbonyl (C=O) groups excluding carboxylic acids is 1. The van der Waals surface area contributed by atoms with E-state index in [1.807, 2.05) is 12.3 Å². The van der Waals surface area contributed by atoms with E-state index in [-0.39, 0.29) is 23.7 Å². The smallest absolute Gasteiger partial charge is 0.250 e. The van der Waals surface area contributed by atoms with Gasteiger partial charge in [0.1, 0.15) is 0 Å². The zero-order valence-corrected chi connectivity index (χ0v) is 8.37. The maximum absolute atomic E-state index is 10.8. The topological polar surface area (TPSA) is 67.2 Å². The zero-order chi connectivity index (χ0) is 8.55. The van der Waals surface area contributed by atoms with E-state index in [4.69, 9.17) is 5.73 Å². The highest BCUT2D eigenvalue weighted by molar-refractivity contribution is 8.04. The van der Waals surface area contributed by atoms with E-state index in [0.717, 1.165) is 17.1 Å². The lowest BCUT2D eigenvalue weighted by Crippen LogP contribution is -2.36. The van der Waals surface area contributed by atoms with Crippen molar-refractivity contribution < 1.29 is 4.79 Å². The minimum Gasteiger partial charge on any atom is -0.385 e. The number of dihydropyridines is 1. The van der Waals surface area contributed by atoms with Gasteiger partial charge in [0.2, 0.25) is 0 Å². The Bertz CT molecular complexity index is 289. The van der Waals surface area contributed by atoms with Gasteiger partial charge in [0.25, 0.3) is 5.91 Å². The van der Waals surface area contributed by atoms with Crippen LogP contribution >= 0.6 is 24.2 Å². The number of hydrogen-bond acceptors (Lipinski definition) is 4. The summed E-state index contributed by atoms with van der Waals surface area (Å²) >= 11 is 1.47. The number of carbonyl (C=O) groups is 1. The van der Waals surface area contributed by atoms with Crippen molar-refractivity contribution in [2.75, 3.05) is 6.54 Å². The van der Waals surface area contributed by atoms with Gasteiger partial charge in [-0.3, -0.25) is 4.79 Å². The van der Waals surface area contributed by atoms with Crippen molar-refractivity contribution in [3.8, 4) is 0 Å². The number of hydrogen-bond donors (Lipinski definition) is 3. The van der Waals surface area contributed by atoms with Gasteiger partial charge in [-0.1, -0.05) is 11.8 Å². The molecule has 0 bridgehead atoms. The molecule has 0 radical (unpaired) electrons. The van der Waals surface area contributed by atoms with E-state index in [9.17, 15) is 4.79 Å². The molecule has 1 amide bonds. The quantitative estimate of drug-likeness (QED) is 0.576. The lowest BCUT2D eigenvalue weighted by atomic mass is 10.3. The second kappa shape index (κ2) is 3.93. The highest BCUT2D eigenvalue weighted by Crippen LogP contribution is 2.31. The largest absolute Gasteiger partial charge is 0.385 e. The van der Waals surface area contributed by atoms with Crippen LogP contribution < -0.4 is 16.4 Å². The molecule has 0 aromatic heterocycles.